The van der Waals surface area contributed by atoms with E-state index in [4.69, 9.17) is 11.6 Å². The summed E-state index contributed by atoms with van der Waals surface area (Å²) in [7, 11) is 0. The topological polar surface area (TPSA) is 45.6 Å². The van der Waals surface area contributed by atoms with Crippen LogP contribution in [0.5, 0.6) is 0 Å². The number of piperazine rings is 1. The van der Waals surface area contributed by atoms with E-state index in [1.54, 1.807) is 3.96 Å². The van der Waals surface area contributed by atoms with Gasteiger partial charge in [-0.05, 0) is 43.2 Å². The van der Waals surface area contributed by atoms with Gasteiger partial charge >= 0.3 is 0 Å². The Kier molecular flexibility index (Phi) is 5.65. The van der Waals surface area contributed by atoms with Gasteiger partial charge in [0.25, 0.3) is 5.56 Å². The van der Waals surface area contributed by atoms with Crippen LogP contribution in [-0.2, 0) is 4.79 Å². The molecule has 5 nitrogen and oxygen atoms in total. The molecule has 2 aromatic carbocycles. The van der Waals surface area contributed by atoms with E-state index >= 15 is 0 Å². The molecule has 0 aliphatic carbocycles. The van der Waals surface area contributed by atoms with Crippen LogP contribution in [0.1, 0.15) is 24.9 Å². The van der Waals surface area contributed by atoms with Crippen LogP contribution in [0.4, 0.5) is 5.69 Å². The second kappa shape index (κ2) is 8.20. The number of hydrogen-bond donors (Lipinski definition) is 0. The molecule has 29 heavy (non-hydrogen) atoms. The summed E-state index contributed by atoms with van der Waals surface area (Å²) < 4.78 is 2.57. The van der Waals surface area contributed by atoms with E-state index in [0.717, 1.165) is 28.5 Å². The van der Waals surface area contributed by atoms with Gasteiger partial charge in [-0.2, -0.15) is 0 Å². The van der Waals surface area contributed by atoms with Gasteiger partial charge in [0.1, 0.15) is 6.04 Å². The Morgan fingerprint density at radius 3 is 2.55 bits per heavy atom. The lowest BCUT2D eigenvalue weighted by Crippen LogP contribution is -2.51. The molecule has 1 aliphatic rings. The number of carbonyl (C=O) groups is 1. The molecule has 3 aromatic rings. The van der Waals surface area contributed by atoms with Crippen molar-refractivity contribution in [1.82, 2.24) is 8.86 Å². The number of nitrogens with zero attached hydrogens (tertiary/aromatic N) is 3. The minimum absolute atomic E-state index is 0.0311. The quantitative estimate of drug-likeness (QED) is 0.620. The smallest absolute Gasteiger partial charge is 0.269 e. The van der Waals surface area contributed by atoms with Crippen molar-refractivity contribution >= 4 is 44.8 Å². The molecule has 0 N–H and O–H groups in total. The number of aromatic nitrogens is 1. The van der Waals surface area contributed by atoms with Crippen LogP contribution < -0.4 is 10.5 Å². The summed E-state index contributed by atoms with van der Waals surface area (Å²) in [6, 6.07) is 13.0. The number of hydrogen-bond acceptors (Lipinski definition) is 4. The number of amides is 1. The van der Waals surface area contributed by atoms with Crippen LogP contribution in [0, 0.1) is 6.92 Å². The first kappa shape index (κ1) is 20.0. The lowest BCUT2D eigenvalue weighted by Gasteiger charge is -2.38. The predicted octanol–water partition coefficient (Wildman–Crippen LogP) is 4.32. The van der Waals surface area contributed by atoms with Gasteiger partial charge in [-0.1, -0.05) is 48.3 Å². The summed E-state index contributed by atoms with van der Waals surface area (Å²) in [6.07, 6.45) is 0.596. The van der Waals surface area contributed by atoms with E-state index in [1.165, 1.54) is 17.1 Å². The number of fused-ring (bicyclic) bond motifs is 1. The Hall–Kier alpha value is -2.31. The molecule has 4 rings (SSSR count). The van der Waals surface area contributed by atoms with E-state index in [1.807, 2.05) is 54.3 Å². The highest BCUT2D eigenvalue weighted by molar-refractivity contribution is 7.14. The van der Waals surface area contributed by atoms with Crippen LogP contribution in [0.2, 0.25) is 5.02 Å². The predicted molar refractivity (Wildman–Crippen MR) is 120 cm³/mol. The molecule has 1 amide bonds. The second-order valence-electron chi connectivity index (χ2n) is 7.39. The maximum atomic E-state index is 13.3. The number of carbonyl (C=O) groups excluding carboxylic acids is 1. The Bertz CT molecular complexity index is 1100. The molecule has 0 radical (unpaired) electrons. The van der Waals surface area contributed by atoms with Crippen LogP contribution in [0.3, 0.4) is 0 Å². The number of halogens is 1. The van der Waals surface area contributed by atoms with Gasteiger partial charge in [0.05, 0.1) is 10.1 Å². The molecule has 2 heterocycles. The highest BCUT2D eigenvalue weighted by Crippen LogP contribution is 2.27. The first-order valence-corrected chi connectivity index (χ1v) is 11.0. The first-order valence-electron chi connectivity index (χ1n) is 9.90. The van der Waals surface area contributed by atoms with Gasteiger partial charge in [0.15, 0.2) is 0 Å². The fraction of sp³-hybridized carbons (Fsp3) is 0.364. The Balaban J connectivity index is 1.51. The standard InChI is InChI=1S/C22H24ClN3O2S/c1-3-18(26-21(27)17-6-4-5-7-20(17)29-26)22(28)25-12-10-24(11-13-25)19-14-16(23)9-8-15(19)2/h4-9,14,18H,3,10-13H2,1-2H3/t18-/m1/s1. The maximum Gasteiger partial charge on any atom is 0.269 e. The summed E-state index contributed by atoms with van der Waals surface area (Å²) in [5, 5.41) is 1.41. The average molecular weight is 430 g/mol. The number of aryl methyl sites for hydroxylation is 1. The van der Waals surface area contributed by atoms with E-state index < -0.39 is 6.04 Å². The molecule has 0 unspecified atom stereocenters. The van der Waals surface area contributed by atoms with Gasteiger partial charge in [-0.15, -0.1) is 0 Å². The van der Waals surface area contributed by atoms with E-state index in [9.17, 15) is 9.59 Å². The van der Waals surface area contributed by atoms with E-state index in [0.29, 0.717) is 24.9 Å². The lowest BCUT2D eigenvalue weighted by atomic mass is 10.1. The summed E-state index contributed by atoms with van der Waals surface area (Å²) in [6.45, 7) is 6.83. The summed E-state index contributed by atoms with van der Waals surface area (Å²) >= 11 is 7.55. The van der Waals surface area contributed by atoms with Gasteiger partial charge in [-0.3, -0.25) is 13.5 Å². The molecular weight excluding hydrogens is 406 g/mol. The van der Waals surface area contributed by atoms with Crippen molar-refractivity contribution in [1.29, 1.82) is 0 Å². The molecule has 1 atom stereocenters. The molecule has 1 saturated heterocycles. The Morgan fingerprint density at radius 1 is 1.14 bits per heavy atom. The highest BCUT2D eigenvalue weighted by atomic mass is 35.5. The van der Waals surface area contributed by atoms with E-state index in [2.05, 4.69) is 11.8 Å². The molecule has 1 fully saturated rings. The number of anilines is 1. The third-order valence-electron chi connectivity index (χ3n) is 5.57. The molecule has 1 aliphatic heterocycles. The van der Waals surface area contributed by atoms with Gasteiger partial charge in [0.2, 0.25) is 5.91 Å². The highest BCUT2D eigenvalue weighted by Gasteiger charge is 2.30. The first-order chi connectivity index (χ1) is 14.0. The van der Waals surface area contributed by atoms with Crippen molar-refractivity contribution in [3.63, 3.8) is 0 Å². The SMILES string of the molecule is CC[C@H](C(=O)N1CCN(c2cc(Cl)ccc2C)CC1)n1sc2ccccc2c1=O. The molecule has 1 aromatic heterocycles. The fourth-order valence-corrected chi connectivity index (χ4v) is 5.26. The Labute approximate surface area is 179 Å². The van der Waals surface area contributed by atoms with Crippen molar-refractivity contribution in [2.75, 3.05) is 31.1 Å². The molecule has 0 saturated carbocycles. The summed E-state index contributed by atoms with van der Waals surface area (Å²) in [5.41, 5.74) is 2.23. The van der Waals surface area contributed by atoms with Gasteiger partial charge in [-0.25, -0.2) is 0 Å². The number of benzene rings is 2. The monoisotopic (exact) mass is 429 g/mol. The van der Waals surface area contributed by atoms with Crippen molar-refractivity contribution in [2.24, 2.45) is 0 Å². The van der Waals surface area contributed by atoms with Crippen molar-refractivity contribution in [3.8, 4) is 0 Å². The molecule has 0 bridgehead atoms. The lowest BCUT2D eigenvalue weighted by molar-refractivity contribution is -0.135. The maximum absolute atomic E-state index is 13.3. The second-order valence-corrected chi connectivity index (χ2v) is 8.84. The third kappa shape index (κ3) is 3.79. The van der Waals surface area contributed by atoms with Crippen molar-refractivity contribution in [3.05, 3.63) is 63.4 Å². The largest absolute Gasteiger partial charge is 0.368 e. The normalized spacial score (nSPS) is 15.7. The van der Waals surface area contributed by atoms with E-state index in [-0.39, 0.29) is 11.5 Å². The van der Waals surface area contributed by atoms with Crippen LogP contribution in [0.15, 0.2) is 47.3 Å². The minimum Gasteiger partial charge on any atom is -0.368 e. The summed E-state index contributed by atoms with van der Waals surface area (Å²) in [5.74, 6) is 0.0311. The fourth-order valence-electron chi connectivity index (χ4n) is 3.94. The van der Waals surface area contributed by atoms with Crippen molar-refractivity contribution < 1.29 is 4.79 Å². The molecule has 152 valence electrons. The van der Waals surface area contributed by atoms with Crippen LogP contribution in [-0.4, -0.2) is 40.9 Å². The zero-order valence-corrected chi connectivity index (χ0v) is 18.2. The third-order valence-corrected chi connectivity index (χ3v) is 6.98. The molecule has 7 heteroatoms. The number of rotatable bonds is 4. The summed E-state index contributed by atoms with van der Waals surface area (Å²) in [4.78, 5) is 30.2. The van der Waals surface area contributed by atoms with Gasteiger partial charge in [0, 0.05) is 36.9 Å². The Morgan fingerprint density at radius 2 is 1.86 bits per heavy atom. The van der Waals surface area contributed by atoms with Crippen LogP contribution >= 0.6 is 23.1 Å². The molecule has 0 spiro atoms. The van der Waals surface area contributed by atoms with Crippen LogP contribution in [0.25, 0.3) is 10.1 Å². The zero-order chi connectivity index (χ0) is 20.5. The zero-order valence-electron chi connectivity index (χ0n) is 16.6. The minimum atomic E-state index is -0.445. The molecular formula is C22H24ClN3O2S. The van der Waals surface area contributed by atoms with Gasteiger partial charge < -0.3 is 9.80 Å². The average Bonchev–Trinajstić information content (AvgIpc) is 3.07. The van der Waals surface area contributed by atoms with Crippen molar-refractivity contribution in [2.45, 2.75) is 26.3 Å².